The molecule has 0 saturated carbocycles. The van der Waals surface area contributed by atoms with Crippen molar-refractivity contribution in [3.8, 4) is 0 Å². The second-order valence-electron chi connectivity index (χ2n) is 5.91. The van der Waals surface area contributed by atoms with Gasteiger partial charge in [-0.2, -0.15) is 0 Å². The lowest BCUT2D eigenvalue weighted by Gasteiger charge is -2.32. The largest absolute Gasteiger partial charge is 0.338 e. The van der Waals surface area contributed by atoms with Gasteiger partial charge in [0.2, 0.25) is 0 Å². The van der Waals surface area contributed by atoms with Crippen LogP contribution in [0.4, 0.5) is 0 Å². The molecule has 24 heavy (non-hydrogen) atoms. The highest BCUT2D eigenvalue weighted by Crippen LogP contribution is 2.27. The Balaban J connectivity index is 1.82. The van der Waals surface area contributed by atoms with E-state index in [0.29, 0.717) is 17.9 Å². The molecule has 7 heteroatoms. The first-order valence-electron chi connectivity index (χ1n) is 7.94. The van der Waals surface area contributed by atoms with Crippen LogP contribution in [0, 0.1) is 6.92 Å². The predicted molar refractivity (Wildman–Crippen MR) is 93.5 cm³/mol. The smallest absolute Gasteiger partial charge is 0.256 e. The summed E-state index contributed by atoms with van der Waals surface area (Å²) in [5, 5.41) is 0.745. The van der Waals surface area contributed by atoms with Crippen molar-refractivity contribution < 1.29 is 4.79 Å². The number of pyridine rings is 1. The van der Waals surface area contributed by atoms with Crippen LogP contribution < -0.4 is 5.56 Å². The molecule has 1 N–H and O–H groups in total. The minimum atomic E-state index is -0.141. The van der Waals surface area contributed by atoms with Crippen LogP contribution in [0.2, 0.25) is 0 Å². The highest BCUT2D eigenvalue weighted by atomic mass is 32.2. The fourth-order valence-corrected chi connectivity index (χ4v) is 3.64. The molecular formula is C17H20N4O2S. The number of amides is 1. The summed E-state index contributed by atoms with van der Waals surface area (Å²) in [6.07, 6.45) is 5.45. The number of nitrogens with one attached hydrogen (secondary N) is 1. The molecule has 1 amide bonds. The van der Waals surface area contributed by atoms with Gasteiger partial charge in [-0.1, -0.05) is 0 Å². The first kappa shape index (κ1) is 16.7. The van der Waals surface area contributed by atoms with Crippen LogP contribution >= 0.6 is 11.8 Å². The quantitative estimate of drug-likeness (QED) is 0.864. The zero-order chi connectivity index (χ0) is 17.1. The molecule has 0 radical (unpaired) electrons. The van der Waals surface area contributed by atoms with Crippen molar-refractivity contribution in [2.45, 2.75) is 30.7 Å². The fraction of sp³-hybridized carbons (Fsp3) is 0.412. The van der Waals surface area contributed by atoms with Crippen molar-refractivity contribution in [2.75, 3.05) is 19.3 Å². The van der Waals surface area contributed by atoms with Gasteiger partial charge in [0.1, 0.15) is 10.9 Å². The van der Waals surface area contributed by atoms with Gasteiger partial charge in [0.25, 0.3) is 11.5 Å². The van der Waals surface area contributed by atoms with Crippen LogP contribution in [0.15, 0.2) is 34.2 Å². The monoisotopic (exact) mass is 344 g/mol. The number of piperidine rings is 1. The van der Waals surface area contributed by atoms with Crippen LogP contribution in [-0.2, 0) is 0 Å². The molecule has 2 aromatic heterocycles. The van der Waals surface area contributed by atoms with E-state index in [-0.39, 0.29) is 17.4 Å². The zero-order valence-electron chi connectivity index (χ0n) is 13.8. The van der Waals surface area contributed by atoms with E-state index >= 15 is 0 Å². The second kappa shape index (κ2) is 7.17. The van der Waals surface area contributed by atoms with Gasteiger partial charge >= 0.3 is 0 Å². The van der Waals surface area contributed by atoms with Gasteiger partial charge in [-0.3, -0.25) is 9.59 Å². The van der Waals surface area contributed by atoms with Gasteiger partial charge in [-0.05, 0) is 38.2 Å². The Labute approximate surface area is 144 Å². The lowest BCUT2D eigenvalue weighted by atomic mass is 9.94. The summed E-state index contributed by atoms with van der Waals surface area (Å²) >= 11 is 1.47. The van der Waals surface area contributed by atoms with Gasteiger partial charge in [-0.25, -0.2) is 9.97 Å². The number of thioether (sulfide) groups is 1. The number of hydrogen-bond acceptors (Lipinski definition) is 5. The highest BCUT2D eigenvalue weighted by Gasteiger charge is 2.27. The summed E-state index contributed by atoms with van der Waals surface area (Å²) in [7, 11) is 0. The van der Waals surface area contributed by atoms with Crippen LogP contribution in [-0.4, -0.2) is 45.1 Å². The van der Waals surface area contributed by atoms with Gasteiger partial charge in [0.15, 0.2) is 0 Å². The van der Waals surface area contributed by atoms with E-state index in [9.17, 15) is 9.59 Å². The Morgan fingerprint density at radius 3 is 3.04 bits per heavy atom. The standard InChI is InChI=1S/C17H20N4O2S/c1-11-19-14(9-15(22)20-11)12-5-4-8-21(10-12)17(23)13-6-3-7-18-16(13)24-2/h3,6-7,9,12H,4-5,8,10H2,1-2H3,(H,19,20,22). The molecule has 3 heterocycles. The SMILES string of the molecule is CSc1ncccc1C(=O)N1CCCC(c2cc(=O)[nH]c(C)n2)C1. The molecule has 6 nitrogen and oxygen atoms in total. The van der Waals surface area contributed by atoms with Crippen LogP contribution in [0.25, 0.3) is 0 Å². The van der Waals surface area contributed by atoms with Crippen molar-refractivity contribution in [1.82, 2.24) is 19.9 Å². The number of carbonyl (C=O) groups excluding carboxylic acids is 1. The summed E-state index contributed by atoms with van der Waals surface area (Å²) in [4.78, 5) is 37.8. The third-order valence-electron chi connectivity index (χ3n) is 4.20. The molecule has 0 aromatic carbocycles. The number of likely N-dealkylation sites (tertiary alicyclic amines) is 1. The molecule has 1 aliphatic heterocycles. The summed E-state index contributed by atoms with van der Waals surface area (Å²) in [6.45, 7) is 3.08. The molecule has 0 bridgehead atoms. The van der Waals surface area contributed by atoms with Gasteiger partial charge in [0.05, 0.1) is 11.3 Å². The van der Waals surface area contributed by atoms with Crippen molar-refractivity contribution in [3.63, 3.8) is 0 Å². The van der Waals surface area contributed by atoms with Crippen LogP contribution in [0.3, 0.4) is 0 Å². The van der Waals surface area contributed by atoms with Gasteiger partial charge in [-0.15, -0.1) is 11.8 Å². The summed E-state index contributed by atoms with van der Waals surface area (Å²) < 4.78 is 0. The first-order chi connectivity index (χ1) is 11.6. The van der Waals surface area contributed by atoms with E-state index in [1.807, 2.05) is 17.2 Å². The van der Waals surface area contributed by atoms with E-state index in [1.165, 1.54) is 11.8 Å². The molecule has 126 valence electrons. The highest BCUT2D eigenvalue weighted by molar-refractivity contribution is 7.98. The van der Waals surface area contributed by atoms with Crippen molar-refractivity contribution in [1.29, 1.82) is 0 Å². The molecule has 0 aliphatic carbocycles. The number of aromatic amines is 1. The number of carbonyl (C=O) groups is 1. The maximum absolute atomic E-state index is 12.9. The average Bonchev–Trinajstić information content (AvgIpc) is 2.60. The average molecular weight is 344 g/mol. The topological polar surface area (TPSA) is 79.0 Å². The Hall–Kier alpha value is -2.15. The minimum Gasteiger partial charge on any atom is -0.338 e. The van der Waals surface area contributed by atoms with Crippen molar-refractivity contribution in [2.24, 2.45) is 0 Å². The summed E-state index contributed by atoms with van der Waals surface area (Å²) in [5.74, 6) is 0.703. The molecular weight excluding hydrogens is 324 g/mol. The number of nitrogens with zero attached hydrogens (tertiary/aromatic N) is 3. The molecule has 1 atom stereocenters. The maximum Gasteiger partial charge on any atom is 0.256 e. The number of H-pyrrole nitrogens is 1. The van der Waals surface area contributed by atoms with Gasteiger partial charge < -0.3 is 9.88 Å². The maximum atomic E-state index is 12.9. The Morgan fingerprint density at radius 1 is 1.46 bits per heavy atom. The predicted octanol–water partition coefficient (Wildman–Crippen LogP) is 2.22. The molecule has 0 spiro atoms. The van der Waals surface area contributed by atoms with Crippen LogP contribution in [0.1, 0.15) is 40.6 Å². The lowest BCUT2D eigenvalue weighted by Crippen LogP contribution is -2.39. The molecule has 1 saturated heterocycles. The van der Waals surface area contributed by atoms with Crippen molar-refractivity contribution in [3.05, 3.63) is 51.8 Å². The van der Waals surface area contributed by atoms with Crippen LogP contribution in [0.5, 0.6) is 0 Å². The molecule has 1 aliphatic rings. The first-order valence-corrected chi connectivity index (χ1v) is 9.17. The van der Waals surface area contributed by atoms with Crippen molar-refractivity contribution >= 4 is 17.7 Å². The zero-order valence-corrected chi connectivity index (χ0v) is 14.6. The third kappa shape index (κ3) is 3.51. The third-order valence-corrected chi connectivity index (χ3v) is 4.91. The van der Waals surface area contributed by atoms with Gasteiger partial charge in [0, 0.05) is 31.3 Å². The van der Waals surface area contributed by atoms with E-state index in [4.69, 9.17) is 0 Å². The fourth-order valence-electron chi connectivity index (χ4n) is 3.10. The number of rotatable bonds is 3. The second-order valence-corrected chi connectivity index (χ2v) is 6.70. The van der Waals surface area contributed by atoms with E-state index in [2.05, 4.69) is 15.0 Å². The number of aryl methyl sites for hydroxylation is 1. The number of hydrogen-bond donors (Lipinski definition) is 1. The van der Waals surface area contributed by atoms with E-state index < -0.39 is 0 Å². The van der Waals surface area contributed by atoms with E-state index in [1.54, 1.807) is 25.3 Å². The normalized spacial score (nSPS) is 17.8. The Kier molecular flexibility index (Phi) is 4.99. The van der Waals surface area contributed by atoms with E-state index in [0.717, 1.165) is 30.1 Å². The molecule has 2 aromatic rings. The molecule has 1 fully saturated rings. The Morgan fingerprint density at radius 2 is 2.29 bits per heavy atom. The summed E-state index contributed by atoms with van der Waals surface area (Å²) in [5.41, 5.74) is 1.27. The Bertz CT molecular complexity index is 805. The summed E-state index contributed by atoms with van der Waals surface area (Å²) in [6, 6.07) is 5.15. The molecule has 3 rings (SSSR count). The lowest BCUT2D eigenvalue weighted by molar-refractivity contribution is 0.0701. The number of aromatic nitrogens is 3. The minimum absolute atomic E-state index is 0.00119. The molecule has 1 unspecified atom stereocenters.